The van der Waals surface area contributed by atoms with E-state index in [-0.39, 0.29) is 23.7 Å². The van der Waals surface area contributed by atoms with Gasteiger partial charge in [0, 0.05) is 24.9 Å². The summed E-state index contributed by atoms with van der Waals surface area (Å²) in [6.07, 6.45) is 1.37. The molecule has 142 valence electrons. The molecule has 1 N–H and O–H groups in total. The molecule has 27 heavy (non-hydrogen) atoms. The number of carbonyl (C=O) groups excluding carboxylic acids is 2. The van der Waals surface area contributed by atoms with Gasteiger partial charge in [0.15, 0.2) is 5.75 Å². The molecule has 0 atom stereocenters. The molecular formula is C22H26N2O3. The van der Waals surface area contributed by atoms with Crippen molar-refractivity contribution in [2.75, 3.05) is 18.4 Å². The van der Waals surface area contributed by atoms with Crippen molar-refractivity contribution in [2.45, 2.75) is 26.7 Å². The third kappa shape index (κ3) is 4.88. The van der Waals surface area contributed by atoms with E-state index in [1.165, 1.54) is 0 Å². The van der Waals surface area contributed by atoms with Crippen LogP contribution in [0, 0.1) is 11.8 Å². The van der Waals surface area contributed by atoms with Gasteiger partial charge in [0.05, 0.1) is 5.69 Å². The van der Waals surface area contributed by atoms with Gasteiger partial charge in [-0.25, -0.2) is 0 Å². The van der Waals surface area contributed by atoms with Gasteiger partial charge in [0.25, 0.3) is 0 Å². The predicted molar refractivity (Wildman–Crippen MR) is 106 cm³/mol. The molecule has 0 saturated carbocycles. The van der Waals surface area contributed by atoms with Gasteiger partial charge in [-0.05, 0) is 37.1 Å². The third-order valence-corrected chi connectivity index (χ3v) is 4.79. The number of amides is 2. The van der Waals surface area contributed by atoms with Gasteiger partial charge in [-0.1, -0.05) is 44.2 Å². The fourth-order valence-electron chi connectivity index (χ4n) is 3.24. The Balaban J connectivity index is 1.61. The fraction of sp³-hybridized carbons (Fsp3) is 0.364. The molecular weight excluding hydrogens is 340 g/mol. The van der Waals surface area contributed by atoms with Gasteiger partial charge >= 0.3 is 0 Å². The topological polar surface area (TPSA) is 58.6 Å². The minimum Gasteiger partial charge on any atom is -0.455 e. The maximum absolute atomic E-state index is 12.7. The van der Waals surface area contributed by atoms with Crippen LogP contribution in [0.3, 0.4) is 0 Å². The van der Waals surface area contributed by atoms with Crippen molar-refractivity contribution in [1.82, 2.24) is 4.90 Å². The lowest BCUT2D eigenvalue weighted by Crippen LogP contribution is -2.43. The van der Waals surface area contributed by atoms with Crippen molar-refractivity contribution < 1.29 is 14.3 Å². The van der Waals surface area contributed by atoms with Crippen LogP contribution < -0.4 is 10.1 Å². The van der Waals surface area contributed by atoms with Gasteiger partial charge in [0.2, 0.25) is 11.8 Å². The Hall–Kier alpha value is -2.82. The molecule has 0 unspecified atom stereocenters. The number of carbonyl (C=O) groups is 2. The van der Waals surface area contributed by atoms with E-state index in [1.54, 1.807) is 0 Å². The maximum atomic E-state index is 12.7. The maximum Gasteiger partial charge on any atom is 0.227 e. The molecule has 1 saturated heterocycles. The van der Waals surface area contributed by atoms with Crippen LogP contribution in [-0.4, -0.2) is 29.8 Å². The first-order valence-corrected chi connectivity index (χ1v) is 9.46. The number of piperidine rings is 1. The lowest BCUT2D eigenvalue weighted by Gasteiger charge is -2.32. The third-order valence-electron chi connectivity index (χ3n) is 4.79. The second-order valence-electron chi connectivity index (χ2n) is 7.15. The molecule has 2 amide bonds. The molecule has 0 aliphatic carbocycles. The average Bonchev–Trinajstić information content (AvgIpc) is 2.69. The normalized spacial score (nSPS) is 14.9. The van der Waals surface area contributed by atoms with Crippen molar-refractivity contribution in [3.8, 4) is 11.5 Å². The number of anilines is 1. The molecule has 0 bridgehead atoms. The Kier molecular flexibility index (Phi) is 6.12. The minimum atomic E-state index is -0.0917. The molecule has 2 aromatic carbocycles. The summed E-state index contributed by atoms with van der Waals surface area (Å²) >= 11 is 0. The number of rotatable bonds is 5. The molecule has 1 fully saturated rings. The van der Waals surface area contributed by atoms with Crippen molar-refractivity contribution in [1.29, 1.82) is 0 Å². The van der Waals surface area contributed by atoms with Gasteiger partial charge in [-0.3, -0.25) is 9.59 Å². The second kappa shape index (κ2) is 8.71. The summed E-state index contributed by atoms with van der Waals surface area (Å²) in [5, 5.41) is 3.00. The van der Waals surface area contributed by atoms with Gasteiger partial charge < -0.3 is 15.0 Å². The number of para-hydroxylation sites is 3. The second-order valence-corrected chi connectivity index (χ2v) is 7.15. The van der Waals surface area contributed by atoms with E-state index < -0.39 is 0 Å². The SMILES string of the molecule is CC(C)C(=O)N1CCC(C(=O)Nc2ccccc2Oc2ccccc2)CC1. The highest BCUT2D eigenvalue weighted by atomic mass is 16.5. The number of nitrogens with one attached hydrogen (secondary N) is 1. The molecule has 1 aliphatic heterocycles. The van der Waals surface area contributed by atoms with Gasteiger partial charge in [0.1, 0.15) is 5.75 Å². The molecule has 5 nitrogen and oxygen atoms in total. The first kappa shape index (κ1) is 19.0. The lowest BCUT2D eigenvalue weighted by molar-refractivity contribution is -0.137. The van der Waals surface area contributed by atoms with Crippen molar-refractivity contribution in [2.24, 2.45) is 11.8 Å². The number of ether oxygens (including phenoxy) is 1. The van der Waals surface area contributed by atoms with Crippen LogP contribution >= 0.6 is 0 Å². The fourth-order valence-corrected chi connectivity index (χ4v) is 3.24. The zero-order chi connectivity index (χ0) is 19.2. The standard InChI is InChI=1S/C22H26N2O3/c1-16(2)22(26)24-14-12-17(13-15-24)21(25)23-19-10-6-7-11-20(19)27-18-8-4-3-5-9-18/h3-11,16-17H,12-15H2,1-2H3,(H,23,25). The number of nitrogens with zero attached hydrogens (tertiary/aromatic N) is 1. The Bertz CT molecular complexity index is 781. The molecule has 0 radical (unpaired) electrons. The summed E-state index contributed by atoms with van der Waals surface area (Å²) in [5.41, 5.74) is 0.659. The first-order chi connectivity index (χ1) is 13.0. The molecule has 2 aromatic rings. The molecule has 3 rings (SSSR count). The summed E-state index contributed by atoms with van der Waals surface area (Å²) in [5.74, 6) is 1.39. The van der Waals surface area contributed by atoms with Crippen LogP contribution in [0.25, 0.3) is 0 Å². The predicted octanol–water partition coefficient (Wildman–Crippen LogP) is 4.31. The summed E-state index contributed by atoms with van der Waals surface area (Å²) in [4.78, 5) is 26.7. The molecule has 5 heteroatoms. The Morgan fingerprint density at radius 3 is 2.30 bits per heavy atom. The van der Waals surface area contributed by atoms with Crippen molar-refractivity contribution >= 4 is 17.5 Å². The zero-order valence-corrected chi connectivity index (χ0v) is 15.9. The number of benzene rings is 2. The highest BCUT2D eigenvalue weighted by molar-refractivity contribution is 5.94. The average molecular weight is 366 g/mol. The first-order valence-electron chi connectivity index (χ1n) is 9.46. The number of likely N-dealkylation sites (tertiary alicyclic amines) is 1. The van der Waals surface area contributed by atoms with E-state index >= 15 is 0 Å². The number of hydrogen-bond acceptors (Lipinski definition) is 3. The zero-order valence-electron chi connectivity index (χ0n) is 15.9. The largest absolute Gasteiger partial charge is 0.455 e. The van der Waals surface area contributed by atoms with Crippen LogP contribution in [-0.2, 0) is 9.59 Å². The molecule has 1 aliphatic rings. The number of hydrogen-bond donors (Lipinski definition) is 1. The summed E-state index contributed by atoms with van der Waals surface area (Å²) in [6, 6.07) is 16.9. The summed E-state index contributed by atoms with van der Waals surface area (Å²) in [6.45, 7) is 5.09. The Morgan fingerprint density at radius 1 is 1.00 bits per heavy atom. The van der Waals surface area contributed by atoms with E-state index in [0.29, 0.717) is 37.4 Å². The highest BCUT2D eigenvalue weighted by Crippen LogP contribution is 2.30. The van der Waals surface area contributed by atoms with Crippen LogP contribution in [0.1, 0.15) is 26.7 Å². The van der Waals surface area contributed by atoms with Crippen LogP contribution in [0.4, 0.5) is 5.69 Å². The van der Waals surface area contributed by atoms with Crippen LogP contribution in [0.2, 0.25) is 0 Å². The molecule has 1 heterocycles. The van der Waals surface area contributed by atoms with E-state index in [1.807, 2.05) is 73.3 Å². The summed E-state index contributed by atoms with van der Waals surface area (Å²) < 4.78 is 5.90. The minimum absolute atomic E-state index is 0.00242. The van der Waals surface area contributed by atoms with E-state index in [0.717, 1.165) is 5.75 Å². The summed E-state index contributed by atoms with van der Waals surface area (Å²) in [7, 11) is 0. The smallest absolute Gasteiger partial charge is 0.227 e. The van der Waals surface area contributed by atoms with Crippen LogP contribution in [0.15, 0.2) is 54.6 Å². The van der Waals surface area contributed by atoms with E-state index in [9.17, 15) is 9.59 Å². The van der Waals surface area contributed by atoms with Crippen molar-refractivity contribution in [3.63, 3.8) is 0 Å². The Labute approximate surface area is 160 Å². The Morgan fingerprint density at radius 2 is 1.63 bits per heavy atom. The van der Waals surface area contributed by atoms with Gasteiger partial charge in [-0.15, -0.1) is 0 Å². The quantitative estimate of drug-likeness (QED) is 0.858. The highest BCUT2D eigenvalue weighted by Gasteiger charge is 2.28. The molecule has 0 aromatic heterocycles. The van der Waals surface area contributed by atoms with E-state index in [4.69, 9.17) is 4.74 Å². The molecule has 0 spiro atoms. The van der Waals surface area contributed by atoms with E-state index in [2.05, 4.69) is 5.32 Å². The van der Waals surface area contributed by atoms with Crippen molar-refractivity contribution in [3.05, 3.63) is 54.6 Å². The monoisotopic (exact) mass is 366 g/mol. The van der Waals surface area contributed by atoms with Gasteiger partial charge in [-0.2, -0.15) is 0 Å². The van der Waals surface area contributed by atoms with Crippen LogP contribution in [0.5, 0.6) is 11.5 Å². The lowest BCUT2D eigenvalue weighted by atomic mass is 9.95.